The Bertz CT molecular complexity index is 3530. The van der Waals surface area contributed by atoms with Gasteiger partial charge in [-0.2, -0.15) is 0 Å². The molecule has 0 atom stereocenters. The van der Waals surface area contributed by atoms with Crippen molar-refractivity contribution in [2.45, 2.75) is 0 Å². The monoisotopic (exact) mass is 742 g/mol. The fraction of sp³-hybridized carbons (Fsp3) is 0. The lowest BCUT2D eigenvalue weighted by Gasteiger charge is -2.27. The minimum atomic E-state index is 0.872. The third kappa shape index (κ3) is 5.09. The highest BCUT2D eigenvalue weighted by Crippen LogP contribution is 2.44. The molecule has 4 nitrogen and oxygen atoms in total. The summed E-state index contributed by atoms with van der Waals surface area (Å²) in [6, 6.07) is 73.3. The average molecular weight is 743 g/mol. The molecule has 58 heavy (non-hydrogen) atoms. The molecule has 0 spiro atoms. The number of benzene rings is 10. The molecule has 0 aliphatic heterocycles. The summed E-state index contributed by atoms with van der Waals surface area (Å²) in [4.78, 5) is 4.65. The van der Waals surface area contributed by atoms with Gasteiger partial charge in [0, 0.05) is 67.5 Å². The molecule has 2 aromatic heterocycles. The Balaban J connectivity index is 0.991. The normalized spacial score (nSPS) is 11.8. The number of fused-ring (bicyclic) bond motifs is 11. The fourth-order valence-electron chi connectivity index (χ4n) is 8.96. The molecule has 0 saturated heterocycles. The molecule has 12 aromatic rings. The minimum Gasteiger partial charge on any atom is -0.456 e. The molecule has 0 N–H and O–H groups in total. The van der Waals surface area contributed by atoms with Gasteiger partial charge < -0.3 is 18.6 Å². The molecule has 0 aliphatic carbocycles. The summed E-state index contributed by atoms with van der Waals surface area (Å²) in [5.41, 5.74) is 9.98. The molecule has 0 saturated carbocycles. The Morgan fingerprint density at radius 1 is 0.241 bits per heavy atom. The topological polar surface area (TPSA) is 32.8 Å². The maximum atomic E-state index is 6.37. The van der Waals surface area contributed by atoms with E-state index in [1.54, 1.807) is 0 Å². The van der Waals surface area contributed by atoms with Crippen LogP contribution < -0.4 is 9.80 Å². The molecule has 4 heteroatoms. The Morgan fingerprint density at radius 3 is 1.33 bits per heavy atom. The zero-order valence-electron chi connectivity index (χ0n) is 31.3. The fourth-order valence-corrected chi connectivity index (χ4v) is 8.96. The van der Waals surface area contributed by atoms with Crippen LogP contribution in [0.2, 0.25) is 0 Å². The lowest BCUT2D eigenvalue weighted by Crippen LogP contribution is -2.10. The smallest absolute Gasteiger partial charge is 0.137 e. The van der Waals surface area contributed by atoms with E-state index in [0.717, 1.165) is 78.0 Å². The number of furan rings is 2. The number of hydrogen-bond acceptors (Lipinski definition) is 4. The van der Waals surface area contributed by atoms with E-state index in [1.807, 2.05) is 24.3 Å². The maximum Gasteiger partial charge on any atom is 0.137 e. The van der Waals surface area contributed by atoms with Gasteiger partial charge in [-0.15, -0.1) is 0 Å². The molecule has 272 valence electrons. The van der Waals surface area contributed by atoms with Crippen molar-refractivity contribution in [1.82, 2.24) is 0 Å². The van der Waals surface area contributed by atoms with Crippen molar-refractivity contribution in [3.05, 3.63) is 206 Å². The van der Waals surface area contributed by atoms with Gasteiger partial charge in [-0.25, -0.2) is 0 Å². The van der Waals surface area contributed by atoms with E-state index in [0.29, 0.717) is 0 Å². The van der Waals surface area contributed by atoms with Gasteiger partial charge in [0.05, 0.1) is 5.69 Å². The van der Waals surface area contributed by atoms with E-state index in [9.17, 15) is 0 Å². The number of hydrogen-bond donors (Lipinski definition) is 0. The first-order valence-corrected chi connectivity index (χ1v) is 19.7. The average Bonchev–Trinajstić information content (AvgIpc) is 3.85. The van der Waals surface area contributed by atoms with E-state index in [1.165, 1.54) is 32.3 Å². The summed E-state index contributed by atoms with van der Waals surface area (Å²) in [7, 11) is 0. The van der Waals surface area contributed by atoms with Crippen molar-refractivity contribution in [2.75, 3.05) is 9.80 Å². The first kappa shape index (κ1) is 32.4. The zero-order chi connectivity index (χ0) is 38.2. The molecule has 0 amide bonds. The van der Waals surface area contributed by atoms with Crippen LogP contribution >= 0.6 is 0 Å². The molecule has 0 unspecified atom stereocenters. The Hall–Kier alpha value is -7.82. The lowest BCUT2D eigenvalue weighted by atomic mass is 9.95. The van der Waals surface area contributed by atoms with Crippen molar-refractivity contribution in [3.63, 3.8) is 0 Å². The molecule has 12 rings (SSSR count). The van der Waals surface area contributed by atoms with Crippen molar-refractivity contribution < 1.29 is 8.83 Å². The lowest BCUT2D eigenvalue weighted by molar-refractivity contribution is 0.668. The standard InChI is InChI=1S/C54H34N2O2/c1-3-12-36(13-4-1)55(39-24-28-48-46-16-7-9-20-51(46)57-53(48)33-39)38-23-27-41-35(32-38)22-26-44-42-18-11-19-50(45(42)31-30-43(41)44)56(37-14-5-2-6-15-37)40-25-29-49-47-17-8-10-21-52(47)58-54(49)34-40/h1-34H. The first-order chi connectivity index (χ1) is 28.7. The van der Waals surface area contributed by atoms with E-state index in [-0.39, 0.29) is 0 Å². The highest BCUT2D eigenvalue weighted by atomic mass is 16.3. The third-order valence-corrected chi connectivity index (χ3v) is 11.6. The molecule has 0 bridgehead atoms. The second kappa shape index (κ2) is 12.9. The quantitative estimate of drug-likeness (QED) is 0.159. The second-order valence-corrected chi connectivity index (χ2v) is 14.9. The van der Waals surface area contributed by atoms with Crippen LogP contribution in [0.4, 0.5) is 34.1 Å². The van der Waals surface area contributed by atoms with E-state index >= 15 is 0 Å². The predicted molar refractivity (Wildman–Crippen MR) is 243 cm³/mol. The predicted octanol–water partition coefficient (Wildman–Crippen LogP) is 15.9. The van der Waals surface area contributed by atoms with Crippen LogP contribution in [-0.4, -0.2) is 0 Å². The van der Waals surface area contributed by atoms with E-state index in [2.05, 4.69) is 192 Å². The molecule has 2 heterocycles. The van der Waals surface area contributed by atoms with Crippen LogP contribution in [0.3, 0.4) is 0 Å². The van der Waals surface area contributed by atoms with Gasteiger partial charge in [-0.3, -0.25) is 0 Å². The van der Waals surface area contributed by atoms with Gasteiger partial charge >= 0.3 is 0 Å². The summed E-state index contributed by atoms with van der Waals surface area (Å²) in [5, 5.41) is 11.7. The van der Waals surface area contributed by atoms with Crippen LogP contribution in [-0.2, 0) is 0 Å². The summed E-state index contributed by atoms with van der Waals surface area (Å²) < 4.78 is 12.7. The SMILES string of the molecule is c1ccc(N(c2ccc3c(ccc4c5cccc(N(c6ccccc6)c6ccc7c(c6)oc6ccccc67)c5ccc34)c2)c2ccc3c(c2)oc2ccccc23)cc1. The van der Waals surface area contributed by atoms with Crippen LogP contribution in [0.25, 0.3) is 76.2 Å². The van der Waals surface area contributed by atoms with Crippen LogP contribution in [0.15, 0.2) is 215 Å². The van der Waals surface area contributed by atoms with Crippen molar-refractivity contribution in [3.8, 4) is 0 Å². The first-order valence-electron chi connectivity index (χ1n) is 19.7. The summed E-state index contributed by atoms with van der Waals surface area (Å²) in [5.74, 6) is 0. The number of para-hydroxylation sites is 4. The largest absolute Gasteiger partial charge is 0.456 e. The Labute approximate surface area is 334 Å². The van der Waals surface area contributed by atoms with Gasteiger partial charge in [0.25, 0.3) is 0 Å². The molecule has 0 aliphatic rings. The molecule has 10 aromatic carbocycles. The summed E-state index contributed by atoms with van der Waals surface area (Å²) >= 11 is 0. The van der Waals surface area contributed by atoms with Crippen molar-refractivity contribution >= 4 is 110 Å². The van der Waals surface area contributed by atoms with Crippen LogP contribution in [0.1, 0.15) is 0 Å². The number of nitrogens with zero attached hydrogens (tertiary/aromatic N) is 2. The van der Waals surface area contributed by atoms with E-state index in [4.69, 9.17) is 8.83 Å². The number of rotatable bonds is 6. The van der Waals surface area contributed by atoms with Gasteiger partial charge in [0.2, 0.25) is 0 Å². The van der Waals surface area contributed by atoms with Crippen LogP contribution in [0.5, 0.6) is 0 Å². The van der Waals surface area contributed by atoms with Crippen LogP contribution in [0, 0.1) is 0 Å². The zero-order valence-corrected chi connectivity index (χ0v) is 31.3. The van der Waals surface area contributed by atoms with Gasteiger partial charge in [0.15, 0.2) is 0 Å². The Kier molecular flexibility index (Phi) is 7.20. The Morgan fingerprint density at radius 2 is 0.672 bits per heavy atom. The molecular weight excluding hydrogens is 709 g/mol. The van der Waals surface area contributed by atoms with Gasteiger partial charge in [0.1, 0.15) is 22.3 Å². The van der Waals surface area contributed by atoms with E-state index < -0.39 is 0 Å². The van der Waals surface area contributed by atoms with Gasteiger partial charge in [-0.1, -0.05) is 115 Å². The van der Waals surface area contributed by atoms with Crippen molar-refractivity contribution in [1.29, 1.82) is 0 Å². The molecular formula is C54H34N2O2. The summed E-state index contributed by atoms with van der Waals surface area (Å²) in [6.45, 7) is 0. The van der Waals surface area contributed by atoms with Gasteiger partial charge in [-0.05, 0) is 106 Å². The molecule has 0 radical (unpaired) electrons. The summed E-state index contributed by atoms with van der Waals surface area (Å²) in [6.07, 6.45) is 0. The highest BCUT2D eigenvalue weighted by molar-refractivity contribution is 6.20. The number of anilines is 6. The minimum absolute atomic E-state index is 0.872. The van der Waals surface area contributed by atoms with Crippen molar-refractivity contribution in [2.24, 2.45) is 0 Å². The maximum absolute atomic E-state index is 6.37. The molecule has 0 fully saturated rings. The highest BCUT2D eigenvalue weighted by Gasteiger charge is 2.20. The second-order valence-electron chi connectivity index (χ2n) is 14.9. The third-order valence-electron chi connectivity index (χ3n) is 11.6.